The molecule has 0 aliphatic carbocycles. The van der Waals surface area contributed by atoms with Crippen LogP contribution in [0.3, 0.4) is 0 Å². The summed E-state index contributed by atoms with van der Waals surface area (Å²) in [6.45, 7) is 6.43. The first-order chi connectivity index (χ1) is 7.44. The van der Waals surface area contributed by atoms with Crippen molar-refractivity contribution in [1.29, 1.82) is 0 Å². The van der Waals surface area contributed by atoms with Crippen molar-refractivity contribution in [2.45, 2.75) is 13.8 Å². The SMILES string of the molecule is CNCC(C)(C)CN(C)c1ccc(O)cc1. The average molecular weight is 222 g/mol. The number of rotatable bonds is 5. The van der Waals surface area contributed by atoms with Gasteiger partial charge in [0.25, 0.3) is 0 Å². The second-order valence-corrected chi connectivity index (χ2v) is 5.07. The number of phenolic OH excluding ortho intramolecular Hbond substituents is 1. The van der Waals surface area contributed by atoms with E-state index in [9.17, 15) is 5.11 Å². The topological polar surface area (TPSA) is 35.5 Å². The molecule has 2 N–H and O–H groups in total. The summed E-state index contributed by atoms with van der Waals surface area (Å²) in [5, 5.41) is 12.4. The summed E-state index contributed by atoms with van der Waals surface area (Å²) in [5.41, 5.74) is 1.35. The quantitative estimate of drug-likeness (QED) is 0.800. The summed E-state index contributed by atoms with van der Waals surface area (Å²) in [4.78, 5) is 2.21. The third kappa shape index (κ3) is 3.74. The molecule has 0 spiro atoms. The van der Waals surface area contributed by atoms with E-state index in [1.807, 2.05) is 19.2 Å². The Balaban J connectivity index is 2.64. The first-order valence-electron chi connectivity index (χ1n) is 5.59. The summed E-state index contributed by atoms with van der Waals surface area (Å²) in [6, 6.07) is 7.31. The van der Waals surface area contributed by atoms with Crippen molar-refractivity contribution in [3.8, 4) is 5.75 Å². The number of nitrogens with one attached hydrogen (secondary N) is 1. The molecule has 0 atom stereocenters. The van der Waals surface area contributed by atoms with Crippen LogP contribution in [0.25, 0.3) is 0 Å². The highest BCUT2D eigenvalue weighted by molar-refractivity contribution is 5.48. The van der Waals surface area contributed by atoms with Gasteiger partial charge < -0.3 is 15.3 Å². The molecule has 0 fully saturated rings. The first-order valence-corrected chi connectivity index (χ1v) is 5.59. The molecule has 0 radical (unpaired) electrons. The van der Waals surface area contributed by atoms with Crippen molar-refractivity contribution in [2.75, 3.05) is 32.1 Å². The van der Waals surface area contributed by atoms with Crippen LogP contribution in [0.2, 0.25) is 0 Å². The summed E-state index contributed by atoms with van der Waals surface area (Å²) in [7, 11) is 4.05. The zero-order valence-electron chi connectivity index (χ0n) is 10.6. The number of anilines is 1. The molecule has 1 aromatic rings. The van der Waals surface area contributed by atoms with Crippen molar-refractivity contribution < 1.29 is 5.11 Å². The minimum Gasteiger partial charge on any atom is -0.508 e. The second-order valence-electron chi connectivity index (χ2n) is 5.07. The fourth-order valence-electron chi connectivity index (χ4n) is 1.97. The maximum atomic E-state index is 9.23. The summed E-state index contributed by atoms with van der Waals surface area (Å²) >= 11 is 0. The van der Waals surface area contributed by atoms with Crippen LogP contribution < -0.4 is 10.2 Å². The standard InChI is InChI=1S/C13H22N2O/c1-13(2,9-14-3)10-15(4)11-5-7-12(16)8-6-11/h5-8,14,16H,9-10H2,1-4H3. The molecule has 0 saturated carbocycles. The van der Waals surface area contributed by atoms with Gasteiger partial charge in [-0.2, -0.15) is 0 Å². The van der Waals surface area contributed by atoms with E-state index < -0.39 is 0 Å². The molecule has 1 rings (SSSR count). The lowest BCUT2D eigenvalue weighted by atomic mass is 9.92. The normalized spacial score (nSPS) is 11.5. The lowest BCUT2D eigenvalue weighted by Crippen LogP contribution is -2.37. The molecule has 0 unspecified atom stereocenters. The molecule has 16 heavy (non-hydrogen) atoms. The third-order valence-corrected chi connectivity index (χ3v) is 2.61. The number of aromatic hydroxyl groups is 1. The summed E-state index contributed by atoms with van der Waals surface area (Å²) in [6.07, 6.45) is 0. The van der Waals surface area contributed by atoms with Gasteiger partial charge in [-0.05, 0) is 36.7 Å². The molecule has 0 bridgehead atoms. The fraction of sp³-hybridized carbons (Fsp3) is 0.538. The van der Waals surface area contributed by atoms with Crippen LogP contribution in [0.1, 0.15) is 13.8 Å². The molecule has 3 heteroatoms. The Morgan fingerprint density at radius 1 is 1.25 bits per heavy atom. The van der Waals surface area contributed by atoms with Crippen LogP contribution in [0, 0.1) is 5.41 Å². The molecular formula is C13H22N2O. The Bertz CT molecular complexity index is 319. The molecule has 90 valence electrons. The maximum absolute atomic E-state index is 9.23. The van der Waals surface area contributed by atoms with Crippen molar-refractivity contribution in [2.24, 2.45) is 5.41 Å². The molecule has 0 aliphatic heterocycles. The van der Waals surface area contributed by atoms with Crippen LogP contribution in [0.15, 0.2) is 24.3 Å². The zero-order chi connectivity index (χ0) is 12.2. The van der Waals surface area contributed by atoms with Crippen LogP contribution in [-0.2, 0) is 0 Å². The van der Waals surface area contributed by atoms with Gasteiger partial charge in [-0.25, -0.2) is 0 Å². The van der Waals surface area contributed by atoms with Crippen molar-refractivity contribution in [3.63, 3.8) is 0 Å². The predicted octanol–water partition coefficient (Wildman–Crippen LogP) is 2.07. The highest BCUT2D eigenvalue weighted by Gasteiger charge is 2.19. The Morgan fingerprint density at radius 3 is 2.31 bits per heavy atom. The fourth-order valence-corrected chi connectivity index (χ4v) is 1.97. The van der Waals surface area contributed by atoms with Gasteiger partial charge in [-0.15, -0.1) is 0 Å². The van der Waals surface area contributed by atoms with Gasteiger partial charge in [0.05, 0.1) is 0 Å². The molecule has 0 saturated heterocycles. The van der Waals surface area contributed by atoms with Gasteiger partial charge in [0.15, 0.2) is 0 Å². The predicted molar refractivity (Wildman–Crippen MR) is 69.1 cm³/mol. The van der Waals surface area contributed by atoms with Crippen LogP contribution in [0.4, 0.5) is 5.69 Å². The molecule has 0 amide bonds. The van der Waals surface area contributed by atoms with Gasteiger partial charge in [0.2, 0.25) is 0 Å². The number of benzene rings is 1. The summed E-state index contributed by atoms with van der Waals surface area (Å²) in [5.74, 6) is 0.312. The van der Waals surface area contributed by atoms with E-state index in [1.54, 1.807) is 12.1 Å². The van der Waals surface area contributed by atoms with E-state index in [0.29, 0.717) is 5.75 Å². The number of nitrogens with zero attached hydrogens (tertiary/aromatic N) is 1. The van der Waals surface area contributed by atoms with E-state index in [2.05, 4.69) is 31.1 Å². The Hall–Kier alpha value is -1.22. The van der Waals surface area contributed by atoms with E-state index >= 15 is 0 Å². The molecule has 1 aromatic carbocycles. The lowest BCUT2D eigenvalue weighted by molar-refractivity contribution is 0.358. The van der Waals surface area contributed by atoms with Gasteiger partial charge in [-0.1, -0.05) is 13.8 Å². The summed E-state index contributed by atoms with van der Waals surface area (Å²) < 4.78 is 0. The van der Waals surface area contributed by atoms with Crippen molar-refractivity contribution in [3.05, 3.63) is 24.3 Å². The Kier molecular flexibility index (Phi) is 4.19. The Morgan fingerprint density at radius 2 is 1.81 bits per heavy atom. The number of phenols is 1. The minimum atomic E-state index is 0.224. The van der Waals surface area contributed by atoms with Gasteiger partial charge in [-0.3, -0.25) is 0 Å². The highest BCUT2D eigenvalue weighted by Crippen LogP contribution is 2.22. The van der Waals surface area contributed by atoms with Crippen LogP contribution in [-0.4, -0.2) is 32.3 Å². The largest absolute Gasteiger partial charge is 0.508 e. The smallest absolute Gasteiger partial charge is 0.115 e. The van der Waals surface area contributed by atoms with Gasteiger partial charge in [0.1, 0.15) is 5.75 Å². The third-order valence-electron chi connectivity index (χ3n) is 2.61. The first kappa shape index (κ1) is 12.8. The lowest BCUT2D eigenvalue weighted by Gasteiger charge is -2.31. The van der Waals surface area contributed by atoms with Crippen molar-refractivity contribution >= 4 is 5.69 Å². The maximum Gasteiger partial charge on any atom is 0.115 e. The number of hydrogen-bond donors (Lipinski definition) is 2. The highest BCUT2D eigenvalue weighted by atomic mass is 16.3. The van der Waals surface area contributed by atoms with Gasteiger partial charge in [0, 0.05) is 25.8 Å². The van der Waals surface area contributed by atoms with Gasteiger partial charge >= 0.3 is 0 Å². The zero-order valence-corrected chi connectivity index (χ0v) is 10.6. The monoisotopic (exact) mass is 222 g/mol. The molecule has 0 aliphatic rings. The van der Waals surface area contributed by atoms with E-state index in [-0.39, 0.29) is 5.41 Å². The van der Waals surface area contributed by atoms with Crippen LogP contribution in [0.5, 0.6) is 5.75 Å². The average Bonchev–Trinajstić information content (AvgIpc) is 2.17. The Labute approximate surface area is 98.1 Å². The minimum absolute atomic E-state index is 0.224. The van der Waals surface area contributed by atoms with Crippen LogP contribution >= 0.6 is 0 Å². The molecule has 0 heterocycles. The second kappa shape index (κ2) is 5.21. The van der Waals surface area contributed by atoms with E-state index in [4.69, 9.17) is 0 Å². The van der Waals surface area contributed by atoms with E-state index in [1.165, 1.54) is 0 Å². The molecule has 3 nitrogen and oxygen atoms in total. The van der Waals surface area contributed by atoms with E-state index in [0.717, 1.165) is 18.8 Å². The molecule has 0 aromatic heterocycles. The molecular weight excluding hydrogens is 200 g/mol. The number of hydrogen-bond acceptors (Lipinski definition) is 3. The van der Waals surface area contributed by atoms with Crippen molar-refractivity contribution in [1.82, 2.24) is 5.32 Å².